The smallest absolute Gasteiger partial charge is 0.161 e. The second-order valence-electron chi connectivity index (χ2n) is 6.42. The number of hydrogen-bond acceptors (Lipinski definition) is 2. The van der Waals surface area contributed by atoms with E-state index in [1.165, 1.54) is 25.7 Å². The summed E-state index contributed by atoms with van der Waals surface area (Å²) in [5.74, 6) is 2.07. The van der Waals surface area contributed by atoms with Crippen molar-refractivity contribution < 1.29 is 4.39 Å². The lowest BCUT2D eigenvalue weighted by atomic mass is 9.84. The molecule has 0 saturated heterocycles. The van der Waals surface area contributed by atoms with Crippen molar-refractivity contribution in [2.24, 2.45) is 23.5 Å². The van der Waals surface area contributed by atoms with Crippen LogP contribution in [0.2, 0.25) is 0 Å². The molecule has 0 aromatic heterocycles. The Bertz CT molecular complexity index is 578. The first-order valence-electron chi connectivity index (χ1n) is 7.51. The second-order valence-corrected chi connectivity index (χ2v) is 7.66. The summed E-state index contributed by atoms with van der Waals surface area (Å²) in [7, 11) is 0. The molecule has 4 atom stereocenters. The molecule has 1 aromatic carbocycles. The Labute approximate surface area is 138 Å². The van der Waals surface area contributed by atoms with Gasteiger partial charge in [0.1, 0.15) is 4.99 Å². The molecule has 3 rings (SSSR count). The summed E-state index contributed by atoms with van der Waals surface area (Å²) >= 11 is 8.18. The lowest BCUT2D eigenvalue weighted by Gasteiger charge is -2.29. The van der Waals surface area contributed by atoms with Gasteiger partial charge in [0.2, 0.25) is 0 Å². The van der Waals surface area contributed by atoms with Crippen molar-refractivity contribution in [3.05, 3.63) is 28.0 Å². The molecule has 0 radical (unpaired) electrons. The largest absolute Gasteiger partial charge is 0.389 e. The zero-order chi connectivity index (χ0) is 15.1. The minimum atomic E-state index is -0.310. The molecule has 2 bridgehead atoms. The molecule has 3 N–H and O–H groups in total. The summed E-state index contributed by atoms with van der Waals surface area (Å²) in [6, 6.07) is 3.79. The van der Waals surface area contributed by atoms with E-state index in [4.69, 9.17) is 18.0 Å². The van der Waals surface area contributed by atoms with Crippen LogP contribution in [0.15, 0.2) is 16.6 Å². The van der Waals surface area contributed by atoms with Gasteiger partial charge in [0.25, 0.3) is 0 Å². The molecule has 21 heavy (non-hydrogen) atoms. The molecular weight excluding hydrogens is 351 g/mol. The highest BCUT2D eigenvalue weighted by Crippen LogP contribution is 2.50. The Kier molecular flexibility index (Phi) is 4.23. The van der Waals surface area contributed by atoms with Crippen LogP contribution < -0.4 is 11.1 Å². The summed E-state index contributed by atoms with van der Waals surface area (Å²) in [5, 5.41) is 3.35. The molecule has 2 aliphatic rings. The van der Waals surface area contributed by atoms with Gasteiger partial charge in [0, 0.05) is 11.6 Å². The highest BCUT2D eigenvalue weighted by molar-refractivity contribution is 9.10. The SMILES string of the molecule is CC(Nc1ccc(C(N)=S)c(Br)c1F)C1CC2CCC1C2. The lowest BCUT2D eigenvalue weighted by molar-refractivity contribution is 0.304. The van der Waals surface area contributed by atoms with Crippen LogP contribution >= 0.6 is 28.1 Å². The Hall–Kier alpha value is -0.680. The third-order valence-corrected chi connectivity index (χ3v) is 6.16. The maximum atomic E-state index is 14.4. The molecule has 5 heteroatoms. The van der Waals surface area contributed by atoms with Gasteiger partial charge in [0.15, 0.2) is 5.82 Å². The van der Waals surface area contributed by atoms with E-state index in [0.717, 1.165) is 11.8 Å². The first-order chi connectivity index (χ1) is 9.97. The minimum absolute atomic E-state index is 0.202. The third-order valence-electron chi connectivity index (χ3n) is 5.17. The van der Waals surface area contributed by atoms with Crippen molar-refractivity contribution in [2.75, 3.05) is 5.32 Å². The minimum Gasteiger partial charge on any atom is -0.389 e. The topological polar surface area (TPSA) is 38.0 Å². The van der Waals surface area contributed by atoms with E-state index in [2.05, 4.69) is 28.2 Å². The normalized spacial score (nSPS) is 28.6. The Morgan fingerprint density at radius 2 is 2.19 bits per heavy atom. The molecular formula is C16H20BrFN2S. The fourth-order valence-electron chi connectivity index (χ4n) is 4.11. The van der Waals surface area contributed by atoms with Gasteiger partial charge < -0.3 is 11.1 Å². The fourth-order valence-corrected chi connectivity index (χ4v) is 4.97. The van der Waals surface area contributed by atoms with E-state index >= 15 is 0 Å². The monoisotopic (exact) mass is 370 g/mol. The van der Waals surface area contributed by atoms with E-state index in [0.29, 0.717) is 21.6 Å². The number of nitrogens with two attached hydrogens (primary N) is 1. The van der Waals surface area contributed by atoms with Gasteiger partial charge in [-0.2, -0.15) is 0 Å². The van der Waals surface area contributed by atoms with Crippen molar-refractivity contribution >= 4 is 38.8 Å². The first kappa shape index (κ1) is 15.2. The van der Waals surface area contributed by atoms with E-state index in [1.807, 2.05) is 0 Å². The van der Waals surface area contributed by atoms with Gasteiger partial charge in [-0.25, -0.2) is 4.39 Å². The molecule has 0 spiro atoms. The number of anilines is 1. The van der Waals surface area contributed by atoms with Crippen molar-refractivity contribution in [3.8, 4) is 0 Å². The number of rotatable bonds is 4. The highest BCUT2D eigenvalue weighted by atomic mass is 79.9. The number of halogens is 2. The van der Waals surface area contributed by atoms with Crippen LogP contribution in [0.1, 0.15) is 38.2 Å². The lowest BCUT2D eigenvalue weighted by Crippen LogP contribution is -2.30. The van der Waals surface area contributed by atoms with Gasteiger partial charge >= 0.3 is 0 Å². The highest BCUT2D eigenvalue weighted by Gasteiger charge is 2.41. The predicted molar refractivity (Wildman–Crippen MR) is 92.0 cm³/mol. The first-order valence-corrected chi connectivity index (χ1v) is 8.71. The molecule has 2 nitrogen and oxygen atoms in total. The number of hydrogen-bond donors (Lipinski definition) is 2. The summed E-state index contributed by atoms with van der Waals surface area (Å²) in [6.07, 6.45) is 5.38. The molecule has 114 valence electrons. The van der Waals surface area contributed by atoms with E-state index < -0.39 is 0 Å². The summed E-state index contributed by atoms with van der Waals surface area (Å²) in [5.41, 5.74) is 6.66. The Morgan fingerprint density at radius 3 is 2.76 bits per heavy atom. The fraction of sp³-hybridized carbons (Fsp3) is 0.562. The van der Waals surface area contributed by atoms with Crippen molar-refractivity contribution in [3.63, 3.8) is 0 Å². The maximum absolute atomic E-state index is 14.4. The van der Waals surface area contributed by atoms with Crippen LogP contribution in [-0.2, 0) is 0 Å². The molecule has 4 unspecified atom stereocenters. The molecule has 0 heterocycles. The number of fused-ring (bicyclic) bond motifs is 2. The van der Waals surface area contributed by atoms with Crippen LogP contribution in [0.25, 0.3) is 0 Å². The Morgan fingerprint density at radius 1 is 1.43 bits per heavy atom. The molecule has 0 amide bonds. The van der Waals surface area contributed by atoms with Gasteiger partial charge in [-0.05, 0) is 72.0 Å². The maximum Gasteiger partial charge on any atom is 0.161 e. The molecule has 1 aromatic rings. The van der Waals surface area contributed by atoms with Gasteiger partial charge in [-0.15, -0.1) is 0 Å². The zero-order valence-electron chi connectivity index (χ0n) is 12.0. The summed E-state index contributed by atoms with van der Waals surface area (Å²) in [4.78, 5) is 0.202. The molecule has 2 aliphatic carbocycles. The summed E-state index contributed by atoms with van der Waals surface area (Å²) in [6.45, 7) is 2.17. The molecule has 2 fully saturated rings. The predicted octanol–water partition coefficient (Wildman–Crippen LogP) is 4.46. The number of thiocarbonyl (C=S) groups is 1. The average Bonchev–Trinajstić information content (AvgIpc) is 3.06. The van der Waals surface area contributed by atoms with Gasteiger partial charge in [-0.1, -0.05) is 18.6 Å². The van der Waals surface area contributed by atoms with Crippen LogP contribution in [-0.4, -0.2) is 11.0 Å². The second kappa shape index (κ2) is 5.84. The van der Waals surface area contributed by atoms with Crippen LogP contribution in [0.5, 0.6) is 0 Å². The molecule has 2 saturated carbocycles. The average molecular weight is 371 g/mol. The van der Waals surface area contributed by atoms with Crippen molar-refractivity contribution in [1.29, 1.82) is 0 Å². The van der Waals surface area contributed by atoms with E-state index in [-0.39, 0.29) is 16.8 Å². The standard InChI is InChI=1S/C16H20BrFN2S/c1-8(12-7-9-2-3-10(12)6-9)20-13-5-4-11(16(19)21)14(17)15(13)18/h4-5,8-10,12,20H,2-3,6-7H2,1H3,(H2,19,21). The van der Waals surface area contributed by atoms with Crippen LogP contribution in [0, 0.1) is 23.6 Å². The third kappa shape index (κ3) is 2.82. The van der Waals surface area contributed by atoms with Crippen LogP contribution in [0.3, 0.4) is 0 Å². The van der Waals surface area contributed by atoms with Gasteiger partial charge in [0.05, 0.1) is 10.2 Å². The Balaban J connectivity index is 1.76. The molecule has 0 aliphatic heterocycles. The quantitative estimate of drug-likeness (QED) is 0.768. The van der Waals surface area contributed by atoms with E-state index in [1.54, 1.807) is 12.1 Å². The van der Waals surface area contributed by atoms with Crippen molar-refractivity contribution in [2.45, 2.75) is 38.6 Å². The summed E-state index contributed by atoms with van der Waals surface area (Å²) < 4.78 is 14.8. The number of nitrogens with one attached hydrogen (secondary N) is 1. The van der Waals surface area contributed by atoms with E-state index in [9.17, 15) is 4.39 Å². The zero-order valence-corrected chi connectivity index (χ0v) is 14.4. The van der Waals surface area contributed by atoms with Crippen LogP contribution in [0.4, 0.5) is 10.1 Å². The number of benzene rings is 1. The van der Waals surface area contributed by atoms with Gasteiger partial charge in [-0.3, -0.25) is 0 Å². The van der Waals surface area contributed by atoms with Crippen molar-refractivity contribution in [1.82, 2.24) is 0 Å².